The van der Waals surface area contributed by atoms with Gasteiger partial charge in [-0.25, -0.2) is 13.2 Å². The first-order valence-corrected chi connectivity index (χ1v) is 22.5. The van der Waals surface area contributed by atoms with E-state index in [0.29, 0.717) is 47.8 Å². The maximum Gasteiger partial charge on any atom is 0.354 e. The van der Waals surface area contributed by atoms with Gasteiger partial charge in [0.05, 0.1) is 10.6 Å². The van der Waals surface area contributed by atoms with Crippen LogP contribution in [-0.4, -0.2) is 102 Å². The highest BCUT2D eigenvalue weighted by atomic mass is 32.2. The lowest BCUT2D eigenvalue weighted by atomic mass is 9.87. The summed E-state index contributed by atoms with van der Waals surface area (Å²) in [4.78, 5) is 38.9. The Bertz CT molecular complexity index is 2170. The smallest absolute Gasteiger partial charge is 0.354 e. The Morgan fingerprint density at radius 3 is 2.20 bits per heavy atom. The van der Waals surface area contributed by atoms with Crippen LogP contribution < -0.4 is 27.8 Å². The van der Waals surface area contributed by atoms with E-state index in [2.05, 4.69) is 72.0 Å². The van der Waals surface area contributed by atoms with E-state index in [0.717, 1.165) is 68.6 Å². The second kappa shape index (κ2) is 20.1. The number of carbonyl (C=O) groups excluding carboxylic acids is 1. The number of piperidine rings is 2. The van der Waals surface area contributed by atoms with E-state index < -0.39 is 10.0 Å². The van der Waals surface area contributed by atoms with Crippen LogP contribution in [0.2, 0.25) is 0 Å². The molecule has 0 spiro atoms. The van der Waals surface area contributed by atoms with Gasteiger partial charge < -0.3 is 32.0 Å². The number of hydrogen-bond acceptors (Lipinski definition) is 8. The number of fused-ring (bicyclic) bond motifs is 1. The van der Waals surface area contributed by atoms with Gasteiger partial charge in [0.15, 0.2) is 5.96 Å². The fraction of sp³-hybridized carbons (Fsp3) is 0.545. The van der Waals surface area contributed by atoms with Gasteiger partial charge in [-0.05, 0) is 125 Å². The summed E-state index contributed by atoms with van der Waals surface area (Å²) < 4.78 is 30.4. The van der Waals surface area contributed by atoms with Gasteiger partial charge in [-0.1, -0.05) is 60.1 Å². The predicted molar refractivity (Wildman–Crippen MR) is 238 cm³/mol. The normalized spacial score (nSPS) is 15.8. The summed E-state index contributed by atoms with van der Waals surface area (Å²) in [6, 6.07) is 16.4. The van der Waals surface area contributed by atoms with Gasteiger partial charge in [0, 0.05) is 53.9 Å². The number of hydrogen-bond donors (Lipinski definition) is 5. The Kier molecular flexibility index (Phi) is 15.5. The maximum atomic E-state index is 13.6. The second-order valence-corrected chi connectivity index (χ2v) is 19.6. The molecule has 2 aromatic carbocycles. The topological polar surface area (TPSA) is 197 Å². The Balaban J connectivity index is 0.000000224. The van der Waals surface area contributed by atoms with Crippen LogP contribution in [0.15, 0.2) is 75.5 Å². The number of nitrogens with zero attached hydrogens (tertiary/aromatic N) is 5. The highest BCUT2D eigenvalue weighted by Crippen LogP contribution is 2.28. The Morgan fingerprint density at radius 2 is 1.59 bits per heavy atom. The molecule has 2 aliphatic heterocycles. The first-order chi connectivity index (χ1) is 27.9. The molecule has 14 nitrogen and oxygen atoms in total. The molecule has 0 atom stereocenters. The van der Waals surface area contributed by atoms with Crippen molar-refractivity contribution in [3.8, 4) is 5.69 Å². The SMILES string of the molecule is CC(C)(C)c1cc2cn(-c3ccc(C(=O)NCCCN=C(N)N)cc3)c(=O)nc2[nH]1.CC(C)(C)c1ccc(S(=O)(=O)N(CCCN2CCCCC2)C2CCNCC2)cc1. The van der Waals surface area contributed by atoms with E-state index in [1.807, 2.05) is 22.5 Å². The van der Waals surface area contributed by atoms with Crippen LogP contribution >= 0.6 is 0 Å². The average Bonchev–Trinajstić information content (AvgIpc) is 3.63. The number of guanidine groups is 1. The number of aromatic nitrogens is 3. The van der Waals surface area contributed by atoms with Crippen molar-refractivity contribution >= 4 is 32.9 Å². The first-order valence-electron chi connectivity index (χ1n) is 21.1. The van der Waals surface area contributed by atoms with Gasteiger partial charge in [-0.2, -0.15) is 9.29 Å². The molecule has 59 heavy (non-hydrogen) atoms. The number of aromatic amines is 1. The summed E-state index contributed by atoms with van der Waals surface area (Å²) >= 11 is 0. The summed E-state index contributed by atoms with van der Waals surface area (Å²) in [7, 11) is -3.48. The Hall–Kier alpha value is -4.57. The lowest BCUT2D eigenvalue weighted by Gasteiger charge is -2.35. The minimum Gasteiger partial charge on any atom is -0.370 e. The number of nitrogens with one attached hydrogen (secondary N) is 3. The summed E-state index contributed by atoms with van der Waals surface area (Å²) in [5, 5.41) is 7.02. The quantitative estimate of drug-likeness (QED) is 0.0699. The second-order valence-electron chi connectivity index (χ2n) is 17.7. The lowest BCUT2D eigenvalue weighted by Crippen LogP contribution is -2.47. The highest BCUT2D eigenvalue weighted by molar-refractivity contribution is 7.89. The minimum atomic E-state index is -3.48. The van der Waals surface area contributed by atoms with Gasteiger partial charge in [0.2, 0.25) is 10.0 Å². The molecule has 2 aromatic heterocycles. The zero-order chi connectivity index (χ0) is 42.8. The molecule has 6 rings (SSSR count). The molecule has 7 N–H and O–H groups in total. The fourth-order valence-corrected chi connectivity index (χ4v) is 9.16. The highest BCUT2D eigenvalue weighted by Gasteiger charge is 2.32. The average molecular weight is 831 g/mol. The van der Waals surface area contributed by atoms with Crippen LogP contribution in [0.3, 0.4) is 0 Å². The third-order valence-corrected chi connectivity index (χ3v) is 12.9. The van der Waals surface area contributed by atoms with Crippen LogP contribution in [0, 0.1) is 0 Å². The van der Waals surface area contributed by atoms with Crippen molar-refractivity contribution in [1.82, 2.24) is 34.4 Å². The zero-order valence-corrected chi connectivity index (χ0v) is 36.7. The molecule has 2 aliphatic rings. The van der Waals surface area contributed by atoms with E-state index in [-0.39, 0.29) is 34.4 Å². The van der Waals surface area contributed by atoms with Gasteiger partial charge >= 0.3 is 5.69 Å². The summed E-state index contributed by atoms with van der Waals surface area (Å²) in [6.07, 6.45) is 8.96. The first kappa shape index (κ1) is 45.5. The van der Waals surface area contributed by atoms with Gasteiger partial charge in [0.25, 0.3) is 5.91 Å². The molecule has 0 bridgehead atoms. The maximum absolute atomic E-state index is 13.6. The van der Waals surface area contributed by atoms with Gasteiger partial charge in [-0.15, -0.1) is 0 Å². The Morgan fingerprint density at radius 1 is 0.932 bits per heavy atom. The zero-order valence-electron chi connectivity index (χ0n) is 35.9. The number of aliphatic imine (C=N–C) groups is 1. The fourth-order valence-electron chi connectivity index (χ4n) is 7.44. The largest absolute Gasteiger partial charge is 0.370 e. The molecule has 0 radical (unpaired) electrons. The van der Waals surface area contributed by atoms with E-state index in [9.17, 15) is 18.0 Å². The van der Waals surface area contributed by atoms with E-state index in [1.54, 1.807) is 42.6 Å². The molecule has 2 fully saturated rings. The number of nitrogens with two attached hydrogens (primary N) is 2. The predicted octanol–water partition coefficient (Wildman–Crippen LogP) is 5.01. The molecule has 4 heterocycles. The van der Waals surface area contributed by atoms with Crippen LogP contribution in [-0.2, 0) is 20.9 Å². The molecule has 322 valence electrons. The number of benzene rings is 2. The monoisotopic (exact) mass is 830 g/mol. The van der Waals surface area contributed by atoms with E-state index in [4.69, 9.17) is 11.5 Å². The molecule has 1 amide bonds. The molecule has 0 saturated carbocycles. The van der Waals surface area contributed by atoms with Crippen molar-refractivity contribution < 1.29 is 13.2 Å². The van der Waals surface area contributed by atoms with Crippen LogP contribution in [0.5, 0.6) is 0 Å². The number of likely N-dealkylation sites (tertiary alicyclic amines) is 1. The van der Waals surface area contributed by atoms with E-state index in [1.165, 1.54) is 23.8 Å². The molecule has 0 aliphatic carbocycles. The number of amides is 1. The number of sulfonamides is 1. The van der Waals surface area contributed by atoms with E-state index >= 15 is 0 Å². The molecule has 0 unspecified atom stereocenters. The summed E-state index contributed by atoms with van der Waals surface area (Å²) in [5.41, 5.74) is 13.9. The molecule has 4 aromatic rings. The minimum absolute atomic E-state index is 0.0193. The standard InChI is InChI=1S/C23H39N3O2S.C21H27N7O2/c1-23(2,3)20-8-10-22(11-9-20)29(27,28)26(21-12-14-24-15-13-21)19-7-18-25-16-5-4-6-17-25;1-21(2,3)16-11-14-12-28(20(30)27-17(14)26-16)15-7-5-13(6-8-15)18(29)24-9-4-10-25-19(22)23/h8-11,21,24H,4-7,12-19H2,1-3H3;5-8,11-12H,4,9-10H2,1-3H3,(H,24,29)(H4,22,23,25)(H,26,27,30). The van der Waals surface area contributed by atoms with Crippen LogP contribution in [0.4, 0.5) is 0 Å². The molecule has 2 saturated heterocycles. The number of H-pyrrole nitrogens is 1. The molecular formula is C44H66N10O4S. The number of carbonyl (C=O) groups is 1. The molecular weight excluding hydrogens is 765 g/mol. The van der Waals surface area contributed by atoms with Crippen molar-refractivity contribution in [3.05, 3.63) is 88.1 Å². The third-order valence-electron chi connectivity index (χ3n) is 11.0. The van der Waals surface area contributed by atoms with Crippen molar-refractivity contribution in [1.29, 1.82) is 0 Å². The van der Waals surface area contributed by atoms with Crippen LogP contribution in [0.1, 0.15) is 108 Å². The van der Waals surface area contributed by atoms with Crippen molar-refractivity contribution in [3.63, 3.8) is 0 Å². The lowest BCUT2D eigenvalue weighted by molar-refractivity contribution is 0.0953. The van der Waals surface area contributed by atoms with Crippen molar-refractivity contribution in [2.75, 3.05) is 52.4 Å². The van der Waals surface area contributed by atoms with Gasteiger partial charge in [0.1, 0.15) is 5.65 Å². The summed E-state index contributed by atoms with van der Waals surface area (Å²) in [5.74, 6) is -0.165. The third kappa shape index (κ3) is 12.7. The number of rotatable bonds is 13. The van der Waals surface area contributed by atoms with Crippen LogP contribution in [0.25, 0.3) is 16.7 Å². The van der Waals surface area contributed by atoms with Crippen molar-refractivity contribution in [2.45, 2.75) is 108 Å². The molecule has 15 heteroatoms. The Labute approximate surface area is 350 Å². The summed E-state index contributed by atoms with van der Waals surface area (Å²) in [6.45, 7) is 19.4. The van der Waals surface area contributed by atoms with Gasteiger partial charge in [-0.3, -0.25) is 14.4 Å². The van der Waals surface area contributed by atoms with Crippen molar-refractivity contribution in [2.24, 2.45) is 16.5 Å².